The number of halogens is 8. The molecule has 5 rings (SSSR count). The molecule has 1 aromatic carbocycles. The maximum absolute atomic E-state index is 14.1. The Balaban J connectivity index is 1.50. The van der Waals surface area contributed by atoms with E-state index in [4.69, 9.17) is 11.6 Å². The summed E-state index contributed by atoms with van der Waals surface area (Å²) in [6, 6.07) is 8.66. The lowest BCUT2D eigenvalue weighted by molar-refractivity contribution is -0.360. The minimum absolute atomic E-state index is 0.00353. The standard InChI is InChI=1S/C27H19ClF7N9O2/c1-13-7-14(10-36)8-17(23(45)39-15-4-5-15)21(13)40-24(46)19-9-16(41-44(19)22-18(28)3-2-6-37-22)12-43-38-11-20(42-43)25(29,30)26(31,32)27(33,34)35/h2-3,6-9,11,15H,4-5,12H2,1H3,(H,39,45)(H,40,46). The van der Waals surface area contributed by atoms with Crippen molar-refractivity contribution in [3.8, 4) is 11.9 Å². The molecule has 1 saturated carbocycles. The Morgan fingerprint density at radius 2 is 1.80 bits per heavy atom. The largest absolute Gasteiger partial charge is 0.460 e. The van der Waals surface area contributed by atoms with Crippen LogP contribution in [0.1, 0.15) is 56.2 Å². The fourth-order valence-electron chi connectivity index (χ4n) is 4.23. The number of benzene rings is 1. The number of nitriles is 1. The van der Waals surface area contributed by atoms with E-state index in [1.54, 1.807) is 6.92 Å². The van der Waals surface area contributed by atoms with Crippen molar-refractivity contribution in [3.63, 3.8) is 0 Å². The van der Waals surface area contributed by atoms with Crippen LogP contribution >= 0.6 is 11.6 Å². The summed E-state index contributed by atoms with van der Waals surface area (Å²) in [5.41, 5.74) is -1.78. The molecule has 3 heterocycles. The third kappa shape index (κ3) is 6.09. The average molecular weight is 670 g/mol. The van der Waals surface area contributed by atoms with E-state index in [1.807, 2.05) is 6.07 Å². The third-order valence-electron chi connectivity index (χ3n) is 6.70. The Kier molecular flexibility index (Phi) is 8.23. The van der Waals surface area contributed by atoms with Crippen molar-refractivity contribution in [2.75, 3.05) is 5.32 Å². The predicted octanol–water partition coefficient (Wildman–Crippen LogP) is 5.17. The number of hydrogen-bond donors (Lipinski definition) is 2. The van der Waals surface area contributed by atoms with Crippen molar-refractivity contribution < 1.29 is 40.3 Å². The second-order valence-electron chi connectivity index (χ2n) is 10.2. The summed E-state index contributed by atoms with van der Waals surface area (Å²) < 4.78 is 94.2. The van der Waals surface area contributed by atoms with Crippen molar-refractivity contribution in [3.05, 3.63) is 81.5 Å². The highest BCUT2D eigenvalue weighted by molar-refractivity contribution is 6.32. The van der Waals surface area contributed by atoms with E-state index in [9.17, 15) is 45.6 Å². The van der Waals surface area contributed by atoms with Gasteiger partial charge in [0.1, 0.15) is 12.2 Å². The molecule has 1 aliphatic rings. The fraction of sp³-hybridized carbons (Fsp3) is 0.296. The summed E-state index contributed by atoms with van der Waals surface area (Å²) in [7, 11) is 0. The van der Waals surface area contributed by atoms with Gasteiger partial charge in [0, 0.05) is 12.2 Å². The zero-order valence-corrected chi connectivity index (χ0v) is 24.0. The smallest absolute Gasteiger partial charge is 0.349 e. The number of rotatable bonds is 9. The van der Waals surface area contributed by atoms with E-state index in [1.165, 1.54) is 30.5 Å². The van der Waals surface area contributed by atoms with Crippen LogP contribution < -0.4 is 10.6 Å². The van der Waals surface area contributed by atoms with Gasteiger partial charge in [-0.2, -0.15) is 56.1 Å². The normalized spacial score (nSPS) is 13.7. The predicted molar refractivity (Wildman–Crippen MR) is 145 cm³/mol. The fourth-order valence-corrected chi connectivity index (χ4v) is 4.43. The van der Waals surface area contributed by atoms with Gasteiger partial charge in [-0.25, -0.2) is 9.67 Å². The van der Waals surface area contributed by atoms with E-state index in [-0.39, 0.29) is 51.3 Å². The maximum Gasteiger partial charge on any atom is 0.460 e. The number of carbonyl (C=O) groups excluding carboxylic acids is 2. The molecule has 11 nitrogen and oxygen atoms in total. The molecule has 1 fully saturated rings. The van der Waals surface area contributed by atoms with Crippen LogP contribution in [0, 0.1) is 18.3 Å². The van der Waals surface area contributed by atoms with E-state index < -0.39 is 42.1 Å². The molecule has 240 valence electrons. The first-order chi connectivity index (χ1) is 21.5. The number of pyridine rings is 1. The topological polar surface area (TPSA) is 143 Å². The van der Waals surface area contributed by atoms with Crippen LogP contribution in [0.2, 0.25) is 5.02 Å². The number of anilines is 1. The van der Waals surface area contributed by atoms with E-state index in [0.29, 0.717) is 10.4 Å². The van der Waals surface area contributed by atoms with Crippen LogP contribution in [-0.4, -0.2) is 59.7 Å². The number of aryl methyl sites for hydroxylation is 1. The van der Waals surface area contributed by atoms with Crippen LogP contribution in [0.3, 0.4) is 0 Å². The van der Waals surface area contributed by atoms with Crippen molar-refractivity contribution in [2.45, 2.75) is 50.4 Å². The van der Waals surface area contributed by atoms with Gasteiger partial charge in [0.15, 0.2) is 11.5 Å². The van der Waals surface area contributed by atoms with Gasteiger partial charge in [-0.05, 0) is 55.7 Å². The van der Waals surface area contributed by atoms with Crippen LogP contribution in [0.5, 0.6) is 0 Å². The molecule has 2 N–H and O–H groups in total. The van der Waals surface area contributed by atoms with Gasteiger partial charge >= 0.3 is 18.0 Å². The van der Waals surface area contributed by atoms with Crippen LogP contribution in [-0.2, 0) is 12.5 Å². The van der Waals surface area contributed by atoms with Gasteiger partial charge in [-0.1, -0.05) is 11.6 Å². The highest BCUT2D eigenvalue weighted by Crippen LogP contribution is 2.51. The van der Waals surface area contributed by atoms with Gasteiger partial charge < -0.3 is 10.6 Å². The summed E-state index contributed by atoms with van der Waals surface area (Å²) >= 11 is 6.26. The second kappa shape index (κ2) is 11.7. The van der Waals surface area contributed by atoms with Gasteiger partial charge in [0.2, 0.25) is 0 Å². The lowest BCUT2D eigenvalue weighted by Crippen LogP contribution is -2.50. The molecule has 4 aromatic rings. The third-order valence-corrected chi connectivity index (χ3v) is 7.00. The van der Waals surface area contributed by atoms with Crippen molar-refractivity contribution in [1.82, 2.24) is 35.1 Å². The molecule has 2 amide bonds. The van der Waals surface area contributed by atoms with Gasteiger partial charge in [-0.3, -0.25) is 9.59 Å². The average Bonchev–Trinajstić information content (AvgIpc) is 3.50. The zero-order chi connectivity index (χ0) is 33.6. The molecule has 46 heavy (non-hydrogen) atoms. The summed E-state index contributed by atoms with van der Waals surface area (Å²) in [6.45, 7) is 0.887. The molecule has 0 radical (unpaired) electrons. The number of alkyl halides is 7. The van der Waals surface area contributed by atoms with Crippen molar-refractivity contribution >= 4 is 29.1 Å². The van der Waals surface area contributed by atoms with E-state index in [0.717, 1.165) is 23.6 Å². The van der Waals surface area contributed by atoms with Crippen LogP contribution in [0.4, 0.5) is 36.4 Å². The van der Waals surface area contributed by atoms with Gasteiger partial charge in [0.05, 0.1) is 39.8 Å². The number of nitrogens with one attached hydrogen (secondary N) is 2. The van der Waals surface area contributed by atoms with E-state index >= 15 is 0 Å². The number of amides is 2. The number of carbonyl (C=O) groups is 2. The molecule has 1 aliphatic carbocycles. The molecule has 0 spiro atoms. The molecule has 19 heteroatoms. The Hall–Kier alpha value is -5.05. The van der Waals surface area contributed by atoms with Gasteiger partial charge in [0.25, 0.3) is 11.8 Å². The SMILES string of the molecule is Cc1cc(C#N)cc(C(=O)NC2CC2)c1NC(=O)c1cc(Cn2ncc(C(F)(F)C(F)(F)C(F)(F)F)n2)nn1-c1ncccc1Cl. The molecule has 0 unspecified atom stereocenters. The first kappa shape index (κ1) is 32.3. The Bertz CT molecular complexity index is 1880. The molecular weight excluding hydrogens is 651 g/mol. The van der Waals surface area contributed by atoms with Crippen LogP contribution in [0.25, 0.3) is 5.82 Å². The monoisotopic (exact) mass is 669 g/mol. The Labute approximate surface area is 259 Å². The molecule has 3 aromatic heterocycles. The zero-order valence-electron chi connectivity index (χ0n) is 23.2. The molecule has 0 aliphatic heterocycles. The summed E-state index contributed by atoms with van der Waals surface area (Å²) in [6.07, 6.45) is -3.66. The molecule has 0 saturated heterocycles. The first-order valence-corrected chi connectivity index (χ1v) is 13.5. The van der Waals surface area contributed by atoms with E-state index in [2.05, 4.69) is 30.9 Å². The number of hydrogen-bond acceptors (Lipinski definition) is 7. The summed E-state index contributed by atoms with van der Waals surface area (Å²) in [5.74, 6) is -13.7. The summed E-state index contributed by atoms with van der Waals surface area (Å²) in [5, 5.41) is 25.5. The van der Waals surface area contributed by atoms with Gasteiger partial charge in [-0.15, -0.1) is 0 Å². The van der Waals surface area contributed by atoms with Crippen molar-refractivity contribution in [1.29, 1.82) is 5.26 Å². The minimum atomic E-state index is -6.57. The number of aromatic nitrogens is 6. The quantitative estimate of drug-likeness (QED) is 0.234. The summed E-state index contributed by atoms with van der Waals surface area (Å²) in [4.78, 5) is 31.1. The molecule has 0 atom stereocenters. The maximum atomic E-state index is 14.1. The van der Waals surface area contributed by atoms with Crippen molar-refractivity contribution in [2.24, 2.45) is 0 Å². The first-order valence-electron chi connectivity index (χ1n) is 13.1. The molecular formula is C27H19ClF7N9O2. The highest BCUT2D eigenvalue weighted by Gasteiger charge is 2.74. The second-order valence-corrected chi connectivity index (χ2v) is 10.6. The minimum Gasteiger partial charge on any atom is -0.349 e. The Morgan fingerprint density at radius 3 is 2.43 bits per heavy atom. The molecule has 0 bridgehead atoms. The lowest BCUT2D eigenvalue weighted by atomic mass is 10.0. The highest BCUT2D eigenvalue weighted by atomic mass is 35.5. The Morgan fingerprint density at radius 1 is 1.09 bits per heavy atom. The number of nitrogens with zero attached hydrogens (tertiary/aromatic N) is 7. The van der Waals surface area contributed by atoms with Crippen LogP contribution in [0.15, 0.2) is 42.7 Å². The lowest BCUT2D eigenvalue weighted by Gasteiger charge is -2.26.